The summed E-state index contributed by atoms with van der Waals surface area (Å²) >= 11 is 0. The number of esters is 1. The third-order valence-electron chi connectivity index (χ3n) is 11.4. The fourth-order valence-electron chi connectivity index (χ4n) is 7.64. The SMILES string of the molecule is CCCCCCCCCCCCCCCC(=O)OCCCCCCCCCCCCCC(=O)NC(CO)C(O)CCCCCCCCCCCCCCC. The first-order valence-electron chi connectivity index (χ1n) is 24.3. The average Bonchev–Trinajstić information content (AvgIpc) is 3.17. The van der Waals surface area contributed by atoms with Gasteiger partial charge in [-0.2, -0.15) is 0 Å². The number of aliphatic hydroxyl groups is 2. The van der Waals surface area contributed by atoms with E-state index in [1.807, 2.05) is 0 Å². The summed E-state index contributed by atoms with van der Waals surface area (Å²) in [5.41, 5.74) is 0. The van der Waals surface area contributed by atoms with Crippen LogP contribution in [0.2, 0.25) is 0 Å². The largest absolute Gasteiger partial charge is 0.466 e. The molecule has 54 heavy (non-hydrogen) atoms. The molecule has 3 N–H and O–H groups in total. The number of ether oxygens (including phenoxy) is 1. The maximum atomic E-state index is 12.4. The molecular weight excluding hydrogens is 671 g/mol. The Kier molecular flexibility index (Phi) is 43.6. The van der Waals surface area contributed by atoms with E-state index in [0.717, 1.165) is 57.8 Å². The van der Waals surface area contributed by atoms with Gasteiger partial charge in [0.15, 0.2) is 0 Å². The summed E-state index contributed by atoms with van der Waals surface area (Å²) in [6.07, 6.45) is 47.7. The van der Waals surface area contributed by atoms with Crippen molar-refractivity contribution in [1.82, 2.24) is 5.32 Å². The molecule has 6 heteroatoms. The van der Waals surface area contributed by atoms with Crippen LogP contribution in [-0.4, -0.2) is 47.4 Å². The number of hydrogen-bond acceptors (Lipinski definition) is 5. The Bertz CT molecular complexity index is 761. The van der Waals surface area contributed by atoms with Crippen LogP contribution < -0.4 is 5.32 Å². The molecular formula is C48H95NO5. The van der Waals surface area contributed by atoms with Crippen molar-refractivity contribution in [3.63, 3.8) is 0 Å². The van der Waals surface area contributed by atoms with E-state index in [2.05, 4.69) is 19.2 Å². The lowest BCUT2D eigenvalue weighted by Gasteiger charge is -2.22. The Morgan fingerprint density at radius 2 is 0.759 bits per heavy atom. The van der Waals surface area contributed by atoms with Gasteiger partial charge in [-0.25, -0.2) is 0 Å². The molecule has 0 aromatic rings. The number of hydrogen-bond donors (Lipinski definition) is 3. The summed E-state index contributed by atoms with van der Waals surface area (Å²) in [6, 6.07) is -0.552. The predicted molar refractivity (Wildman–Crippen MR) is 232 cm³/mol. The van der Waals surface area contributed by atoms with Crippen LogP contribution in [0.5, 0.6) is 0 Å². The first-order valence-corrected chi connectivity index (χ1v) is 24.3. The van der Waals surface area contributed by atoms with Gasteiger partial charge in [0.1, 0.15) is 0 Å². The van der Waals surface area contributed by atoms with Crippen LogP contribution in [-0.2, 0) is 14.3 Å². The highest BCUT2D eigenvalue weighted by Crippen LogP contribution is 2.16. The number of aliphatic hydroxyl groups excluding tert-OH is 2. The fourth-order valence-corrected chi connectivity index (χ4v) is 7.64. The van der Waals surface area contributed by atoms with Crippen molar-refractivity contribution < 1.29 is 24.5 Å². The molecule has 0 bridgehead atoms. The van der Waals surface area contributed by atoms with Crippen molar-refractivity contribution in [2.75, 3.05) is 13.2 Å². The van der Waals surface area contributed by atoms with Crippen molar-refractivity contribution >= 4 is 11.9 Å². The molecule has 0 spiro atoms. The normalized spacial score (nSPS) is 12.6. The van der Waals surface area contributed by atoms with E-state index < -0.39 is 12.1 Å². The first kappa shape index (κ1) is 52.9. The molecule has 0 saturated heterocycles. The maximum Gasteiger partial charge on any atom is 0.305 e. The zero-order valence-corrected chi connectivity index (χ0v) is 36.5. The van der Waals surface area contributed by atoms with E-state index in [9.17, 15) is 19.8 Å². The Morgan fingerprint density at radius 3 is 1.13 bits per heavy atom. The molecule has 0 rings (SSSR count). The van der Waals surface area contributed by atoms with E-state index in [-0.39, 0.29) is 18.5 Å². The quantitative estimate of drug-likeness (QED) is 0.0424. The van der Waals surface area contributed by atoms with Crippen LogP contribution in [0.25, 0.3) is 0 Å². The van der Waals surface area contributed by atoms with Crippen molar-refractivity contribution in [3.05, 3.63) is 0 Å². The highest BCUT2D eigenvalue weighted by molar-refractivity contribution is 5.76. The summed E-state index contributed by atoms with van der Waals surface area (Å²) in [6.45, 7) is 4.91. The number of amides is 1. The topological polar surface area (TPSA) is 95.9 Å². The van der Waals surface area contributed by atoms with Crippen molar-refractivity contribution in [2.24, 2.45) is 0 Å². The molecule has 0 aromatic heterocycles. The van der Waals surface area contributed by atoms with Crippen LogP contribution in [0.1, 0.15) is 271 Å². The molecule has 0 saturated carbocycles. The lowest BCUT2D eigenvalue weighted by molar-refractivity contribution is -0.143. The highest BCUT2D eigenvalue weighted by Gasteiger charge is 2.20. The number of rotatable bonds is 45. The third-order valence-corrected chi connectivity index (χ3v) is 11.4. The van der Waals surface area contributed by atoms with Gasteiger partial charge in [0, 0.05) is 12.8 Å². The molecule has 0 aliphatic carbocycles. The van der Waals surface area contributed by atoms with Gasteiger partial charge < -0.3 is 20.3 Å². The molecule has 0 fully saturated rings. The van der Waals surface area contributed by atoms with Crippen molar-refractivity contribution in [1.29, 1.82) is 0 Å². The second-order valence-electron chi connectivity index (χ2n) is 16.8. The van der Waals surface area contributed by atoms with Gasteiger partial charge in [0.2, 0.25) is 5.91 Å². The predicted octanol–water partition coefficient (Wildman–Crippen LogP) is 14.0. The maximum absolute atomic E-state index is 12.4. The molecule has 6 nitrogen and oxygen atoms in total. The molecule has 0 aromatic carbocycles. The summed E-state index contributed by atoms with van der Waals surface area (Å²) in [5, 5.41) is 23.1. The second-order valence-corrected chi connectivity index (χ2v) is 16.8. The molecule has 0 aliphatic heterocycles. The van der Waals surface area contributed by atoms with Crippen LogP contribution in [0, 0.1) is 0 Å². The molecule has 2 unspecified atom stereocenters. The molecule has 1 amide bonds. The average molecular weight is 766 g/mol. The van der Waals surface area contributed by atoms with Gasteiger partial charge in [-0.15, -0.1) is 0 Å². The minimum Gasteiger partial charge on any atom is -0.466 e. The zero-order chi connectivity index (χ0) is 39.4. The van der Waals surface area contributed by atoms with Crippen molar-refractivity contribution in [3.8, 4) is 0 Å². The minimum absolute atomic E-state index is 0.0118. The minimum atomic E-state index is -0.673. The van der Waals surface area contributed by atoms with Crippen LogP contribution >= 0.6 is 0 Å². The van der Waals surface area contributed by atoms with Gasteiger partial charge >= 0.3 is 5.97 Å². The van der Waals surface area contributed by atoms with E-state index in [4.69, 9.17) is 4.74 Å². The number of carbonyl (C=O) groups is 2. The number of unbranched alkanes of at least 4 members (excludes halogenated alkanes) is 34. The lowest BCUT2D eigenvalue weighted by atomic mass is 10.0. The van der Waals surface area contributed by atoms with E-state index in [0.29, 0.717) is 25.9 Å². The lowest BCUT2D eigenvalue weighted by Crippen LogP contribution is -2.45. The Balaban J connectivity index is 3.46. The van der Waals surface area contributed by atoms with E-state index in [1.165, 1.54) is 180 Å². The zero-order valence-electron chi connectivity index (χ0n) is 36.5. The van der Waals surface area contributed by atoms with Gasteiger partial charge in [0.05, 0.1) is 25.4 Å². The van der Waals surface area contributed by atoms with Gasteiger partial charge in [-0.3, -0.25) is 9.59 Å². The van der Waals surface area contributed by atoms with E-state index >= 15 is 0 Å². The van der Waals surface area contributed by atoms with Crippen LogP contribution in [0.15, 0.2) is 0 Å². The third kappa shape index (κ3) is 40.5. The summed E-state index contributed by atoms with van der Waals surface area (Å²) in [7, 11) is 0. The van der Waals surface area contributed by atoms with E-state index in [1.54, 1.807) is 0 Å². The molecule has 0 radical (unpaired) electrons. The smallest absolute Gasteiger partial charge is 0.305 e. The standard InChI is InChI=1S/C48H95NO5/c1-3-5-7-9-11-13-15-17-20-24-28-32-36-40-46(51)45(44-50)49-47(52)41-37-33-29-25-21-19-23-27-31-35-39-43-54-48(53)42-38-34-30-26-22-18-16-14-12-10-8-6-4-2/h45-46,50-51H,3-44H2,1-2H3,(H,49,52). The van der Waals surface area contributed by atoms with Crippen LogP contribution in [0.3, 0.4) is 0 Å². The first-order chi connectivity index (χ1) is 26.5. The monoisotopic (exact) mass is 766 g/mol. The Morgan fingerprint density at radius 1 is 0.444 bits per heavy atom. The van der Waals surface area contributed by atoms with Gasteiger partial charge in [-0.1, -0.05) is 232 Å². The molecule has 0 aliphatic rings. The molecule has 0 heterocycles. The Labute approximate surface area is 336 Å². The number of nitrogens with one attached hydrogen (secondary N) is 1. The van der Waals surface area contributed by atoms with Gasteiger partial charge in [0.25, 0.3) is 0 Å². The fraction of sp³-hybridized carbons (Fsp3) is 0.958. The summed E-state index contributed by atoms with van der Waals surface area (Å²) in [5.74, 6) is -0.0645. The summed E-state index contributed by atoms with van der Waals surface area (Å²) in [4.78, 5) is 24.4. The molecule has 322 valence electrons. The molecule has 2 atom stereocenters. The second kappa shape index (κ2) is 44.6. The number of carbonyl (C=O) groups excluding carboxylic acids is 2. The van der Waals surface area contributed by atoms with Gasteiger partial charge in [-0.05, 0) is 25.7 Å². The van der Waals surface area contributed by atoms with Crippen molar-refractivity contribution in [2.45, 2.75) is 283 Å². The Hall–Kier alpha value is -1.14. The summed E-state index contributed by atoms with van der Waals surface area (Å²) < 4.78 is 5.45. The highest BCUT2D eigenvalue weighted by atomic mass is 16.5. The van der Waals surface area contributed by atoms with Crippen LogP contribution in [0.4, 0.5) is 0 Å².